The highest BCUT2D eigenvalue weighted by Gasteiger charge is 2.22. The number of hydrogen-bond acceptors (Lipinski definition) is 7. The number of amides is 1. The fourth-order valence-electron chi connectivity index (χ4n) is 3.08. The molecule has 0 spiro atoms. The molecule has 0 N–H and O–H groups in total. The lowest BCUT2D eigenvalue weighted by atomic mass is 10.0. The molecule has 2 aromatic heterocycles. The van der Waals surface area contributed by atoms with Crippen molar-refractivity contribution in [3.63, 3.8) is 0 Å². The number of hydrogen-bond donors (Lipinski definition) is 0. The van der Waals surface area contributed by atoms with Crippen LogP contribution in [-0.2, 0) is 20.9 Å². The van der Waals surface area contributed by atoms with E-state index in [1.165, 1.54) is 11.8 Å². The van der Waals surface area contributed by atoms with Crippen LogP contribution in [0.4, 0.5) is 0 Å². The lowest BCUT2D eigenvalue weighted by Gasteiger charge is -2.30. The second-order valence-corrected chi connectivity index (χ2v) is 7.51. The van der Waals surface area contributed by atoms with Gasteiger partial charge in [-0.2, -0.15) is 0 Å². The molecule has 1 saturated heterocycles. The second kappa shape index (κ2) is 9.07. The van der Waals surface area contributed by atoms with E-state index in [0.29, 0.717) is 29.2 Å². The Morgan fingerprint density at radius 3 is 2.96 bits per heavy atom. The maximum Gasteiger partial charge on any atom is 0.316 e. The van der Waals surface area contributed by atoms with Gasteiger partial charge in [-0.15, -0.1) is 10.2 Å². The molecule has 27 heavy (non-hydrogen) atoms. The molecule has 8 nitrogen and oxygen atoms in total. The number of esters is 1. The summed E-state index contributed by atoms with van der Waals surface area (Å²) in [5.74, 6) is 1.24. The number of piperidine rings is 1. The number of ether oxygens (including phenoxy) is 1. The summed E-state index contributed by atoms with van der Waals surface area (Å²) in [5.41, 5.74) is 0. The molecule has 1 aliphatic rings. The number of thioether (sulfide) groups is 1. The van der Waals surface area contributed by atoms with E-state index in [0.717, 1.165) is 25.9 Å². The monoisotopic (exact) mass is 392 g/mol. The van der Waals surface area contributed by atoms with Crippen molar-refractivity contribution in [1.82, 2.24) is 19.7 Å². The summed E-state index contributed by atoms with van der Waals surface area (Å²) in [7, 11) is 0. The van der Waals surface area contributed by atoms with E-state index in [2.05, 4.69) is 17.1 Å². The van der Waals surface area contributed by atoms with Crippen LogP contribution in [0.5, 0.6) is 0 Å². The molecule has 0 radical (unpaired) electrons. The first-order chi connectivity index (χ1) is 13.1. The van der Waals surface area contributed by atoms with Gasteiger partial charge in [0.05, 0.1) is 12.0 Å². The van der Waals surface area contributed by atoms with Crippen LogP contribution in [0.25, 0.3) is 11.6 Å². The van der Waals surface area contributed by atoms with Crippen molar-refractivity contribution in [1.29, 1.82) is 0 Å². The quantitative estimate of drug-likeness (QED) is 0.528. The number of likely N-dealkylation sites (tertiary alicyclic amines) is 1. The van der Waals surface area contributed by atoms with Gasteiger partial charge in [0.2, 0.25) is 0 Å². The Hall–Kier alpha value is -2.29. The number of carbonyl (C=O) groups excluding carboxylic acids is 2. The van der Waals surface area contributed by atoms with Crippen molar-refractivity contribution in [2.75, 3.05) is 25.4 Å². The topological polar surface area (TPSA) is 90.5 Å². The number of carbonyl (C=O) groups is 2. The van der Waals surface area contributed by atoms with Crippen molar-refractivity contribution in [3.8, 4) is 11.6 Å². The molecule has 1 amide bonds. The Balaban J connectivity index is 1.49. The van der Waals surface area contributed by atoms with Gasteiger partial charge in [-0.25, -0.2) is 0 Å². The molecule has 1 fully saturated rings. The first kappa shape index (κ1) is 19.5. The van der Waals surface area contributed by atoms with Gasteiger partial charge in [-0.3, -0.25) is 14.2 Å². The van der Waals surface area contributed by atoms with E-state index >= 15 is 0 Å². The molecule has 0 aromatic carbocycles. The highest BCUT2D eigenvalue weighted by molar-refractivity contribution is 7.99. The number of nitrogens with zero attached hydrogens (tertiary/aromatic N) is 4. The fourth-order valence-corrected chi connectivity index (χ4v) is 3.88. The summed E-state index contributed by atoms with van der Waals surface area (Å²) in [4.78, 5) is 26.0. The maximum atomic E-state index is 12.2. The molecule has 1 aliphatic heterocycles. The minimum Gasteiger partial charge on any atom is -0.461 e. The van der Waals surface area contributed by atoms with Gasteiger partial charge in [-0.1, -0.05) is 18.7 Å². The molecule has 0 unspecified atom stereocenters. The zero-order valence-electron chi connectivity index (χ0n) is 15.6. The fraction of sp³-hybridized carbons (Fsp3) is 0.556. The SMILES string of the molecule is CCn1c(SCC(=O)OCC(=O)N2CCC[C@H](C)C2)nnc1-c1ccco1. The highest BCUT2D eigenvalue weighted by atomic mass is 32.2. The number of aromatic nitrogens is 3. The van der Waals surface area contributed by atoms with Gasteiger partial charge in [0, 0.05) is 19.6 Å². The van der Waals surface area contributed by atoms with Crippen LogP contribution < -0.4 is 0 Å². The minimum absolute atomic E-state index is 0.0694. The molecule has 2 aromatic rings. The Labute approximate surface area is 162 Å². The third-order valence-electron chi connectivity index (χ3n) is 4.46. The van der Waals surface area contributed by atoms with Gasteiger partial charge in [-0.05, 0) is 37.8 Å². The van der Waals surface area contributed by atoms with Crippen LogP contribution in [-0.4, -0.2) is 57.0 Å². The van der Waals surface area contributed by atoms with Crippen molar-refractivity contribution in [3.05, 3.63) is 18.4 Å². The minimum atomic E-state index is -0.441. The first-order valence-corrected chi connectivity index (χ1v) is 10.1. The summed E-state index contributed by atoms with van der Waals surface area (Å²) in [6.45, 7) is 6.01. The molecule has 0 bridgehead atoms. The summed E-state index contributed by atoms with van der Waals surface area (Å²) >= 11 is 1.23. The van der Waals surface area contributed by atoms with Crippen LogP contribution in [0.15, 0.2) is 28.0 Å². The zero-order valence-corrected chi connectivity index (χ0v) is 16.4. The third kappa shape index (κ3) is 4.91. The van der Waals surface area contributed by atoms with Gasteiger partial charge in [0.1, 0.15) is 0 Å². The molecule has 1 atom stereocenters. The average molecular weight is 392 g/mol. The van der Waals surface area contributed by atoms with Crippen LogP contribution in [0.2, 0.25) is 0 Å². The lowest BCUT2D eigenvalue weighted by Crippen LogP contribution is -2.41. The Kier molecular flexibility index (Phi) is 6.54. The van der Waals surface area contributed by atoms with E-state index in [4.69, 9.17) is 9.15 Å². The molecule has 146 valence electrons. The zero-order chi connectivity index (χ0) is 19.2. The molecule has 9 heteroatoms. The van der Waals surface area contributed by atoms with E-state index in [1.54, 1.807) is 17.2 Å². The van der Waals surface area contributed by atoms with E-state index in [9.17, 15) is 9.59 Å². The van der Waals surface area contributed by atoms with Crippen molar-refractivity contribution < 1.29 is 18.7 Å². The summed E-state index contributed by atoms with van der Waals surface area (Å²) in [6.07, 6.45) is 3.72. The van der Waals surface area contributed by atoms with Crippen LogP contribution in [0, 0.1) is 5.92 Å². The maximum absolute atomic E-state index is 12.2. The van der Waals surface area contributed by atoms with Crippen LogP contribution in [0.3, 0.4) is 0 Å². The largest absolute Gasteiger partial charge is 0.461 e. The van der Waals surface area contributed by atoms with E-state index in [1.807, 2.05) is 17.6 Å². The normalized spacial score (nSPS) is 17.1. The third-order valence-corrected chi connectivity index (χ3v) is 5.40. The second-order valence-electron chi connectivity index (χ2n) is 6.56. The van der Waals surface area contributed by atoms with Gasteiger partial charge in [0.15, 0.2) is 23.3 Å². The Morgan fingerprint density at radius 1 is 1.41 bits per heavy atom. The highest BCUT2D eigenvalue weighted by Crippen LogP contribution is 2.24. The molecule has 0 saturated carbocycles. The predicted octanol–water partition coefficient (Wildman–Crippen LogP) is 2.45. The molecule has 0 aliphatic carbocycles. The molecule has 3 heterocycles. The number of furan rings is 1. The number of rotatable bonds is 7. The standard InChI is InChI=1S/C18H24N4O4S/c1-3-22-17(14-7-5-9-25-14)19-20-18(22)27-12-16(24)26-11-15(23)21-8-4-6-13(2)10-21/h5,7,9,13H,3-4,6,8,10-12H2,1-2H3/t13-/m0/s1. The molecular formula is C18H24N4O4S. The molecule has 3 rings (SSSR count). The summed E-state index contributed by atoms with van der Waals surface area (Å²) in [6, 6.07) is 3.60. The van der Waals surface area contributed by atoms with Crippen molar-refractivity contribution >= 4 is 23.6 Å². The molecular weight excluding hydrogens is 368 g/mol. The van der Waals surface area contributed by atoms with Crippen LogP contribution >= 0.6 is 11.8 Å². The Morgan fingerprint density at radius 2 is 2.26 bits per heavy atom. The smallest absolute Gasteiger partial charge is 0.316 e. The van der Waals surface area contributed by atoms with Gasteiger partial charge < -0.3 is 14.1 Å². The average Bonchev–Trinajstić information content (AvgIpc) is 3.33. The predicted molar refractivity (Wildman–Crippen MR) is 100 cm³/mol. The summed E-state index contributed by atoms with van der Waals surface area (Å²) < 4.78 is 12.4. The first-order valence-electron chi connectivity index (χ1n) is 9.11. The summed E-state index contributed by atoms with van der Waals surface area (Å²) in [5, 5.41) is 8.87. The van der Waals surface area contributed by atoms with Crippen molar-refractivity contribution in [2.24, 2.45) is 5.92 Å². The van der Waals surface area contributed by atoms with Gasteiger partial charge in [0.25, 0.3) is 5.91 Å². The lowest BCUT2D eigenvalue weighted by molar-refractivity contribution is -0.150. The van der Waals surface area contributed by atoms with Crippen molar-refractivity contribution in [2.45, 2.75) is 38.4 Å². The van der Waals surface area contributed by atoms with E-state index < -0.39 is 5.97 Å². The Bertz CT molecular complexity index is 774. The van der Waals surface area contributed by atoms with E-state index in [-0.39, 0.29) is 18.3 Å². The van der Waals surface area contributed by atoms with Gasteiger partial charge >= 0.3 is 5.97 Å². The van der Waals surface area contributed by atoms with Crippen LogP contribution in [0.1, 0.15) is 26.7 Å².